The smallest absolute Gasteiger partial charge is 0.227 e. The van der Waals surface area contributed by atoms with Crippen molar-refractivity contribution in [2.75, 3.05) is 18.1 Å². The first-order chi connectivity index (χ1) is 16.6. The van der Waals surface area contributed by atoms with Crippen LogP contribution in [0.3, 0.4) is 0 Å². The number of ether oxygens (including phenoxy) is 1. The summed E-state index contributed by atoms with van der Waals surface area (Å²) in [5.41, 5.74) is 5.42. The van der Waals surface area contributed by atoms with Gasteiger partial charge in [0.15, 0.2) is 0 Å². The van der Waals surface area contributed by atoms with E-state index in [1.54, 1.807) is 0 Å². The Morgan fingerprint density at radius 3 is 2.47 bits per heavy atom. The zero-order valence-corrected chi connectivity index (χ0v) is 19.9. The Kier molecular flexibility index (Phi) is 6.35. The molecule has 1 aliphatic heterocycles. The van der Waals surface area contributed by atoms with E-state index in [0.29, 0.717) is 19.6 Å². The number of aryl methyl sites for hydroxylation is 3. The quantitative estimate of drug-likeness (QED) is 0.306. The molecule has 1 aliphatic rings. The van der Waals surface area contributed by atoms with E-state index in [-0.39, 0.29) is 11.8 Å². The van der Waals surface area contributed by atoms with Crippen molar-refractivity contribution in [1.82, 2.24) is 9.55 Å². The number of fused-ring (bicyclic) bond motifs is 1. The van der Waals surface area contributed by atoms with Gasteiger partial charge in [0.1, 0.15) is 11.6 Å². The van der Waals surface area contributed by atoms with E-state index in [0.717, 1.165) is 58.8 Å². The first-order valence-corrected chi connectivity index (χ1v) is 12.1. The molecule has 0 aliphatic carbocycles. The van der Waals surface area contributed by atoms with Gasteiger partial charge in [-0.05, 0) is 62.1 Å². The Hall–Kier alpha value is -3.60. The van der Waals surface area contributed by atoms with E-state index >= 15 is 0 Å². The molecule has 0 saturated carbocycles. The van der Waals surface area contributed by atoms with Crippen LogP contribution in [0.1, 0.15) is 42.1 Å². The Morgan fingerprint density at radius 1 is 0.912 bits per heavy atom. The van der Waals surface area contributed by atoms with Crippen molar-refractivity contribution in [2.45, 2.75) is 45.6 Å². The van der Waals surface area contributed by atoms with Crippen molar-refractivity contribution in [2.24, 2.45) is 0 Å². The number of benzene rings is 3. The lowest BCUT2D eigenvalue weighted by Crippen LogP contribution is -2.25. The highest BCUT2D eigenvalue weighted by Gasteiger charge is 2.35. The summed E-state index contributed by atoms with van der Waals surface area (Å²) in [5.74, 6) is 2.23. The SMILES string of the molecule is Cc1ccccc1OCCCCn1c([C@@H]2CC(=O)N(c3ccccc3C)C2)nc2ccccc21. The molecule has 5 nitrogen and oxygen atoms in total. The zero-order chi connectivity index (χ0) is 23.5. The monoisotopic (exact) mass is 453 g/mol. The summed E-state index contributed by atoms with van der Waals surface area (Å²) in [6, 6.07) is 24.5. The van der Waals surface area contributed by atoms with Gasteiger partial charge in [-0.1, -0.05) is 48.5 Å². The number of amides is 1. The molecule has 1 atom stereocenters. The number of carbonyl (C=O) groups is 1. The Morgan fingerprint density at radius 2 is 1.65 bits per heavy atom. The fourth-order valence-electron chi connectivity index (χ4n) is 4.89. The standard InChI is InChI=1S/C29H31N3O2/c1-21-11-3-6-14-25(21)32-20-23(19-28(32)33)29-30-24-13-5-7-15-26(24)31(29)17-9-10-18-34-27-16-8-4-12-22(27)2/h3-8,11-16,23H,9-10,17-20H2,1-2H3/t23-/m1/s1. The molecule has 1 amide bonds. The molecule has 5 rings (SSSR count). The summed E-state index contributed by atoms with van der Waals surface area (Å²) in [7, 11) is 0. The maximum Gasteiger partial charge on any atom is 0.227 e. The van der Waals surface area contributed by atoms with Crippen LogP contribution in [0.5, 0.6) is 5.75 Å². The highest BCUT2D eigenvalue weighted by molar-refractivity contribution is 5.97. The molecule has 5 heteroatoms. The van der Waals surface area contributed by atoms with Gasteiger partial charge in [-0.2, -0.15) is 0 Å². The van der Waals surface area contributed by atoms with Gasteiger partial charge in [0.2, 0.25) is 5.91 Å². The van der Waals surface area contributed by atoms with Crippen LogP contribution in [0.2, 0.25) is 0 Å². The second-order valence-corrected chi connectivity index (χ2v) is 9.12. The molecule has 0 unspecified atom stereocenters. The summed E-state index contributed by atoms with van der Waals surface area (Å²) < 4.78 is 8.31. The number of carbonyl (C=O) groups excluding carboxylic acids is 1. The number of aromatic nitrogens is 2. The van der Waals surface area contributed by atoms with Gasteiger partial charge >= 0.3 is 0 Å². The van der Waals surface area contributed by atoms with Crippen LogP contribution >= 0.6 is 0 Å². The van der Waals surface area contributed by atoms with Crippen LogP contribution in [0, 0.1) is 13.8 Å². The summed E-state index contributed by atoms with van der Waals surface area (Å²) in [4.78, 5) is 19.9. The normalized spacial score (nSPS) is 15.9. The molecule has 1 fully saturated rings. The number of anilines is 1. The third-order valence-corrected chi connectivity index (χ3v) is 6.71. The average Bonchev–Trinajstić information content (AvgIpc) is 3.41. The Bertz CT molecular complexity index is 1310. The first-order valence-electron chi connectivity index (χ1n) is 12.1. The van der Waals surface area contributed by atoms with Gasteiger partial charge in [-0.25, -0.2) is 4.98 Å². The van der Waals surface area contributed by atoms with E-state index in [1.165, 1.54) is 0 Å². The van der Waals surface area contributed by atoms with Crippen molar-refractivity contribution in [3.63, 3.8) is 0 Å². The lowest BCUT2D eigenvalue weighted by Gasteiger charge is -2.19. The van der Waals surface area contributed by atoms with Crippen molar-refractivity contribution >= 4 is 22.6 Å². The molecule has 174 valence electrons. The van der Waals surface area contributed by atoms with E-state index in [2.05, 4.69) is 48.7 Å². The highest BCUT2D eigenvalue weighted by Crippen LogP contribution is 2.34. The molecule has 3 aromatic carbocycles. The fourth-order valence-corrected chi connectivity index (χ4v) is 4.89. The number of hydrogen-bond donors (Lipinski definition) is 0. The Balaban J connectivity index is 1.31. The van der Waals surface area contributed by atoms with E-state index in [1.807, 2.05) is 47.4 Å². The van der Waals surface area contributed by atoms with Crippen LogP contribution < -0.4 is 9.64 Å². The Labute approximate surface area is 201 Å². The van der Waals surface area contributed by atoms with Crippen LogP contribution in [-0.2, 0) is 11.3 Å². The van der Waals surface area contributed by atoms with E-state index in [4.69, 9.17) is 9.72 Å². The van der Waals surface area contributed by atoms with Gasteiger partial charge in [0.05, 0.1) is 17.6 Å². The molecule has 0 spiro atoms. The van der Waals surface area contributed by atoms with Crippen molar-refractivity contribution < 1.29 is 9.53 Å². The molecule has 0 bridgehead atoms. The molecule has 1 saturated heterocycles. The summed E-state index contributed by atoms with van der Waals surface area (Å²) in [6.45, 7) is 6.35. The summed E-state index contributed by atoms with van der Waals surface area (Å²) >= 11 is 0. The molecule has 0 radical (unpaired) electrons. The topological polar surface area (TPSA) is 47.4 Å². The van der Waals surface area contributed by atoms with Gasteiger partial charge in [0, 0.05) is 31.1 Å². The minimum atomic E-state index is 0.0859. The second kappa shape index (κ2) is 9.72. The molecular formula is C29H31N3O2. The molecular weight excluding hydrogens is 422 g/mol. The zero-order valence-electron chi connectivity index (χ0n) is 19.9. The van der Waals surface area contributed by atoms with E-state index < -0.39 is 0 Å². The van der Waals surface area contributed by atoms with Crippen molar-refractivity contribution in [3.8, 4) is 5.75 Å². The van der Waals surface area contributed by atoms with Crippen LogP contribution in [-0.4, -0.2) is 28.6 Å². The third kappa shape index (κ3) is 4.43. The molecule has 1 aromatic heterocycles. The van der Waals surface area contributed by atoms with Gasteiger partial charge in [-0.15, -0.1) is 0 Å². The summed E-state index contributed by atoms with van der Waals surface area (Å²) in [5, 5.41) is 0. The minimum absolute atomic E-state index is 0.0859. The highest BCUT2D eigenvalue weighted by atomic mass is 16.5. The molecule has 0 N–H and O–H groups in total. The number of hydrogen-bond acceptors (Lipinski definition) is 3. The number of imidazole rings is 1. The van der Waals surface area contributed by atoms with Crippen LogP contribution in [0.4, 0.5) is 5.69 Å². The maximum atomic E-state index is 13.0. The van der Waals surface area contributed by atoms with Gasteiger partial charge < -0.3 is 14.2 Å². The first kappa shape index (κ1) is 22.2. The molecule has 4 aromatic rings. The van der Waals surface area contributed by atoms with Crippen LogP contribution in [0.25, 0.3) is 11.0 Å². The molecule has 34 heavy (non-hydrogen) atoms. The number of rotatable bonds is 8. The third-order valence-electron chi connectivity index (χ3n) is 6.71. The minimum Gasteiger partial charge on any atom is -0.493 e. The fraction of sp³-hybridized carbons (Fsp3) is 0.310. The maximum absolute atomic E-state index is 13.0. The lowest BCUT2D eigenvalue weighted by molar-refractivity contribution is -0.117. The van der Waals surface area contributed by atoms with Crippen molar-refractivity contribution in [1.29, 1.82) is 0 Å². The number of nitrogens with zero attached hydrogens (tertiary/aromatic N) is 3. The second-order valence-electron chi connectivity index (χ2n) is 9.12. The predicted octanol–water partition coefficient (Wildman–Crippen LogP) is 6.03. The molecule has 2 heterocycles. The summed E-state index contributed by atoms with van der Waals surface area (Å²) in [6.07, 6.45) is 2.44. The van der Waals surface area contributed by atoms with E-state index in [9.17, 15) is 4.79 Å². The number of para-hydroxylation sites is 4. The largest absolute Gasteiger partial charge is 0.493 e. The van der Waals surface area contributed by atoms with Gasteiger partial charge in [-0.3, -0.25) is 4.79 Å². The predicted molar refractivity (Wildman–Crippen MR) is 137 cm³/mol. The van der Waals surface area contributed by atoms with Gasteiger partial charge in [0.25, 0.3) is 0 Å². The average molecular weight is 454 g/mol. The number of unbranched alkanes of at least 4 members (excludes halogenated alkanes) is 1. The van der Waals surface area contributed by atoms with Crippen LogP contribution in [0.15, 0.2) is 72.8 Å². The lowest BCUT2D eigenvalue weighted by atomic mass is 10.1. The van der Waals surface area contributed by atoms with Crippen molar-refractivity contribution in [3.05, 3.63) is 89.7 Å².